The Morgan fingerprint density at radius 3 is 2.59 bits per heavy atom. The van der Waals surface area contributed by atoms with Crippen molar-refractivity contribution in [3.05, 3.63) is 15.1 Å². The van der Waals surface area contributed by atoms with Crippen molar-refractivity contribution in [3.63, 3.8) is 0 Å². The predicted molar refractivity (Wildman–Crippen MR) is 78.3 cm³/mol. The van der Waals surface area contributed by atoms with Gasteiger partial charge in [0.15, 0.2) is 5.82 Å². The monoisotopic (exact) mass is 349 g/mol. The van der Waals surface area contributed by atoms with Gasteiger partial charge in [0.1, 0.15) is 11.9 Å². The van der Waals surface area contributed by atoms with Gasteiger partial charge in [0, 0.05) is 13.7 Å². The Morgan fingerprint density at radius 1 is 1.35 bits per heavy atom. The molecule has 0 aliphatic carbocycles. The van der Waals surface area contributed by atoms with E-state index in [-0.39, 0.29) is 6.10 Å². The van der Waals surface area contributed by atoms with Crippen molar-refractivity contribution in [1.82, 2.24) is 9.97 Å². The molecule has 0 aromatic carbocycles. The van der Waals surface area contributed by atoms with Crippen molar-refractivity contribution in [2.24, 2.45) is 0 Å². The lowest BCUT2D eigenvalue weighted by Gasteiger charge is -2.17. The molecule has 0 fully saturated rings. The third kappa shape index (κ3) is 3.77. The molecule has 0 saturated heterocycles. The fourth-order valence-electron chi connectivity index (χ4n) is 1.64. The maximum absolute atomic E-state index is 5.71. The van der Waals surface area contributed by atoms with E-state index in [1.807, 2.05) is 20.9 Å². The van der Waals surface area contributed by atoms with E-state index in [9.17, 15) is 0 Å². The van der Waals surface area contributed by atoms with Gasteiger partial charge in [-0.3, -0.25) is 0 Å². The van der Waals surface area contributed by atoms with Gasteiger partial charge in [-0.1, -0.05) is 13.3 Å². The predicted octanol–water partition coefficient (Wildman–Crippen LogP) is 3.31. The van der Waals surface area contributed by atoms with Crippen molar-refractivity contribution in [2.75, 3.05) is 19.0 Å². The second kappa shape index (κ2) is 7.10. The van der Waals surface area contributed by atoms with Crippen molar-refractivity contribution in [1.29, 1.82) is 0 Å². The second-order valence-corrected chi connectivity index (χ2v) is 4.89. The van der Waals surface area contributed by atoms with E-state index in [2.05, 4.69) is 44.8 Å². The first-order chi connectivity index (χ1) is 8.13. The van der Waals surface area contributed by atoms with Crippen molar-refractivity contribution < 1.29 is 4.74 Å². The summed E-state index contributed by atoms with van der Waals surface area (Å²) in [5.41, 5.74) is 1.00. The number of nitrogens with one attached hydrogen (secondary N) is 1. The first-order valence-electron chi connectivity index (χ1n) is 5.97. The summed E-state index contributed by atoms with van der Waals surface area (Å²) in [6.45, 7) is 6.84. The molecule has 96 valence electrons. The Kier molecular flexibility index (Phi) is 6.11. The zero-order chi connectivity index (χ0) is 12.8. The largest absolute Gasteiger partial charge is 0.372 e. The Balaban J connectivity index is 3.06. The first-order valence-corrected chi connectivity index (χ1v) is 7.05. The van der Waals surface area contributed by atoms with Gasteiger partial charge < -0.3 is 10.1 Å². The van der Waals surface area contributed by atoms with Gasteiger partial charge in [-0.25, -0.2) is 9.97 Å². The normalized spacial score (nSPS) is 12.5. The van der Waals surface area contributed by atoms with Crippen LogP contribution < -0.4 is 5.32 Å². The third-order valence-electron chi connectivity index (χ3n) is 2.48. The molecule has 17 heavy (non-hydrogen) atoms. The van der Waals surface area contributed by atoms with Crippen LogP contribution in [-0.2, 0) is 4.74 Å². The lowest BCUT2D eigenvalue weighted by molar-refractivity contribution is 0.0493. The molecule has 1 N–H and O–H groups in total. The van der Waals surface area contributed by atoms with Crippen LogP contribution in [0, 0.1) is 10.5 Å². The molecule has 1 unspecified atom stereocenters. The average molecular weight is 349 g/mol. The number of rotatable bonds is 6. The van der Waals surface area contributed by atoms with Gasteiger partial charge in [0.05, 0.1) is 9.26 Å². The highest BCUT2D eigenvalue weighted by molar-refractivity contribution is 14.1. The van der Waals surface area contributed by atoms with Crippen LogP contribution in [-0.4, -0.2) is 23.6 Å². The number of nitrogens with zero attached hydrogens (tertiary/aromatic N) is 2. The van der Waals surface area contributed by atoms with Crippen LogP contribution in [0.5, 0.6) is 0 Å². The molecule has 1 rings (SSSR count). The van der Waals surface area contributed by atoms with Gasteiger partial charge in [-0.15, -0.1) is 0 Å². The molecular weight excluding hydrogens is 329 g/mol. The number of aromatic nitrogens is 2. The summed E-state index contributed by atoms with van der Waals surface area (Å²) >= 11 is 2.26. The molecular formula is C12H20IN3O. The van der Waals surface area contributed by atoms with Crippen molar-refractivity contribution >= 4 is 28.4 Å². The molecule has 0 spiro atoms. The van der Waals surface area contributed by atoms with Crippen molar-refractivity contribution in [2.45, 2.75) is 39.7 Å². The molecule has 0 bridgehead atoms. The molecule has 0 radical (unpaired) electrons. The van der Waals surface area contributed by atoms with Gasteiger partial charge >= 0.3 is 0 Å². The van der Waals surface area contributed by atoms with Crippen LogP contribution in [0.15, 0.2) is 0 Å². The molecule has 0 aliphatic rings. The molecule has 1 aromatic heterocycles. The second-order valence-electron chi connectivity index (χ2n) is 3.81. The van der Waals surface area contributed by atoms with Crippen LogP contribution in [0.2, 0.25) is 0 Å². The highest BCUT2D eigenvalue weighted by atomic mass is 127. The number of aryl methyl sites for hydroxylation is 1. The maximum atomic E-state index is 5.71. The Labute approximate surface area is 117 Å². The summed E-state index contributed by atoms with van der Waals surface area (Å²) < 4.78 is 6.78. The zero-order valence-electron chi connectivity index (χ0n) is 10.9. The third-order valence-corrected chi connectivity index (χ3v) is 3.77. The summed E-state index contributed by atoms with van der Waals surface area (Å²) in [5.74, 6) is 1.67. The van der Waals surface area contributed by atoms with E-state index in [1.54, 1.807) is 0 Å². The molecule has 5 heteroatoms. The fraction of sp³-hybridized carbons (Fsp3) is 0.667. The summed E-state index contributed by atoms with van der Waals surface area (Å²) in [7, 11) is 1.88. The minimum absolute atomic E-state index is 0.00722. The number of hydrogen-bond acceptors (Lipinski definition) is 4. The summed E-state index contributed by atoms with van der Waals surface area (Å²) in [5, 5.41) is 3.10. The molecule has 1 atom stereocenters. The highest BCUT2D eigenvalue weighted by Crippen LogP contribution is 2.24. The van der Waals surface area contributed by atoms with Gasteiger partial charge in [0.25, 0.3) is 0 Å². The highest BCUT2D eigenvalue weighted by Gasteiger charge is 2.17. The smallest absolute Gasteiger partial charge is 0.159 e. The maximum Gasteiger partial charge on any atom is 0.159 e. The van der Waals surface area contributed by atoms with Gasteiger partial charge in [-0.2, -0.15) is 0 Å². The summed E-state index contributed by atoms with van der Waals surface area (Å²) in [6, 6.07) is 0. The molecule has 1 aromatic rings. The van der Waals surface area contributed by atoms with E-state index >= 15 is 0 Å². The van der Waals surface area contributed by atoms with Gasteiger partial charge in [0.2, 0.25) is 0 Å². The van der Waals surface area contributed by atoms with Crippen LogP contribution >= 0.6 is 22.6 Å². The SMILES string of the molecule is CCCC(OCC)c1nc(C)c(I)c(NC)n1. The fourth-order valence-corrected chi connectivity index (χ4v) is 2.15. The Bertz CT molecular complexity index is 365. The van der Waals surface area contributed by atoms with E-state index < -0.39 is 0 Å². The summed E-state index contributed by atoms with van der Waals surface area (Å²) in [6.07, 6.45) is 2.03. The quantitative estimate of drug-likeness (QED) is 0.801. The topological polar surface area (TPSA) is 47.0 Å². The van der Waals surface area contributed by atoms with Crippen LogP contribution in [0.3, 0.4) is 0 Å². The molecule has 1 heterocycles. The number of ether oxygens (including phenoxy) is 1. The minimum Gasteiger partial charge on any atom is -0.372 e. The van der Waals surface area contributed by atoms with Crippen LogP contribution in [0.25, 0.3) is 0 Å². The molecule has 4 nitrogen and oxygen atoms in total. The minimum atomic E-state index is 0.00722. The standard InChI is InChI=1S/C12H20IN3O/c1-5-7-9(17-6-2)11-15-8(3)10(13)12(14-4)16-11/h9H,5-7H2,1-4H3,(H,14,15,16). The average Bonchev–Trinajstić information content (AvgIpc) is 2.32. The zero-order valence-corrected chi connectivity index (χ0v) is 13.0. The number of hydrogen-bond donors (Lipinski definition) is 1. The number of anilines is 1. The lowest BCUT2D eigenvalue weighted by atomic mass is 10.2. The Morgan fingerprint density at radius 2 is 2.06 bits per heavy atom. The van der Waals surface area contributed by atoms with E-state index in [0.29, 0.717) is 6.61 Å². The van der Waals surface area contributed by atoms with E-state index in [0.717, 1.165) is 33.7 Å². The van der Waals surface area contributed by atoms with Crippen LogP contribution in [0.1, 0.15) is 44.3 Å². The van der Waals surface area contributed by atoms with Crippen molar-refractivity contribution in [3.8, 4) is 0 Å². The molecule has 0 saturated carbocycles. The molecule has 0 aliphatic heterocycles. The van der Waals surface area contributed by atoms with E-state index in [4.69, 9.17) is 4.74 Å². The lowest BCUT2D eigenvalue weighted by Crippen LogP contribution is -2.12. The first kappa shape index (κ1) is 14.6. The Hall–Kier alpha value is -0.430. The van der Waals surface area contributed by atoms with Gasteiger partial charge in [-0.05, 0) is 42.9 Å². The number of halogens is 1. The van der Waals surface area contributed by atoms with Crippen LogP contribution in [0.4, 0.5) is 5.82 Å². The molecule has 0 amide bonds. The van der Waals surface area contributed by atoms with E-state index in [1.165, 1.54) is 0 Å². The summed E-state index contributed by atoms with van der Waals surface area (Å²) in [4.78, 5) is 9.07.